The van der Waals surface area contributed by atoms with Gasteiger partial charge in [0.05, 0.1) is 30.9 Å². The number of H-pyrrole nitrogens is 1. The van der Waals surface area contributed by atoms with E-state index in [1.807, 2.05) is 13.0 Å². The summed E-state index contributed by atoms with van der Waals surface area (Å²) < 4.78 is 10.6. The molecule has 7 heteroatoms. The molecular formula is C15H21N5O2. The number of nitrogens with zero attached hydrogens (tertiary/aromatic N) is 3. The van der Waals surface area contributed by atoms with Gasteiger partial charge < -0.3 is 19.8 Å². The fourth-order valence-electron chi connectivity index (χ4n) is 2.52. The van der Waals surface area contributed by atoms with Crippen LogP contribution in [0.25, 0.3) is 0 Å². The van der Waals surface area contributed by atoms with Gasteiger partial charge in [0.25, 0.3) is 0 Å². The molecular weight excluding hydrogens is 282 g/mol. The van der Waals surface area contributed by atoms with Gasteiger partial charge in [-0.05, 0) is 13.3 Å². The highest BCUT2D eigenvalue weighted by atomic mass is 16.5. The number of imidazole rings is 1. The minimum Gasteiger partial charge on any atom is -0.381 e. The predicted octanol–water partition coefficient (Wildman–Crippen LogP) is 1.77. The molecule has 118 valence electrons. The number of hydrogen-bond donors (Lipinski definition) is 2. The Balaban J connectivity index is 1.77. The van der Waals surface area contributed by atoms with Gasteiger partial charge in [-0.3, -0.25) is 0 Å². The summed E-state index contributed by atoms with van der Waals surface area (Å²) in [5.41, 5.74) is 3.06. The second-order valence-corrected chi connectivity index (χ2v) is 5.42. The van der Waals surface area contributed by atoms with Gasteiger partial charge in [0.15, 0.2) is 5.82 Å². The summed E-state index contributed by atoms with van der Waals surface area (Å²) in [5.74, 6) is 1.82. The molecule has 1 aliphatic rings. The highest BCUT2D eigenvalue weighted by molar-refractivity contribution is 5.38. The molecule has 0 radical (unpaired) electrons. The molecule has 2 N–H and O–H groups in total. The van der Waals surface area contributed by atoms with Crippen molar-refractivity contribution in [3.05, 3.63) is 35.3 Å². The number of rotatable bonds is 6. The third kappa shape index (κ3) is 3.42. The van der Waals surface area contributed by atoms with Gasteiger partial charge in [-0.25, -0.2) is 15.0 Å². The predicted molar refractivity (Wildman–Crippen MR) is 81.6 cm³/mol. The SMILES string of the molecule is COCc1nc(NCc2nc[nH]c2C)cc([C@@H]2CCOC2)n1. The van der Waals surface area contributed by atoms with Gasteiger partial charge in [-0.2, -0.15) is 0 Å². The standard InChI is InChI=1S/C15H21N5O2/c1-10-13(18-9-17-10)6-16-14-5-12(11-3-4-22-7-11)19-15(20-14)8-21-2/h5,9,11H,3-4,6-8H2,1-2H3,(H,17,18)(H,16,19,20)/t11-/m1/s1. The molecule has 22 heavy (non-hydrogen) atoms. The number of nitrogens with one attached hydrogen (secondary N) is 2. The van der Waals surface area contributed by atoms with E-state index in [2.05, 4.69) is 25.3 Å². The summed E-state index contributed by atoms with van der Waals surface area (Å²) in [7, 11) is 1.65. The summed E-state index contributed by atoms with van der Waals surface area (Å²) in [6.07, 6.45) is 2.70. The Bertz CT molecular complexity index is 622. The van der Waals surface area contributed by atoms with E-state index in [9.17, 15) is 0 Å². The van der Waals surface area contributed by atoms with E-state index < -0.39 is 0 Å². The Hall–Kier alpha value is -1.99. The average molecular weight is 303 g/mol. The molecule has 0 unspecified atom stereocenters. The van der Waals surface area contributed by atoms with Crippen molar-refractivity contribution in [1.29, 1.82) is 0 Å². The second-order valence-electron chi connectivity index (χ2n) is 5.42. The third-order valence-corrected chi connectivity index (χ3v) is 3.78. The maximum absolute atomic E-state index is 5.46. The zero-order chi connectivity index (χ0) is 15.4. The van der Waals surface area contributed by atoms with Crippen LogP contribution in [0.1, 0.15) is 35.2 Å². The van der Waals surface area contributed by atoms with Crippen LogP contribution in [0.2, 0.25) is 0 Å². The van der Waals surface area contributed by atoms with Crippen molar-refractivity contribution in [2.45, 2.75) is 32.4 Å². The topological polar surface area (TPSA) is 85.0 Å². The Morgan fingerprint density at radius 1 is 1.45 bits per heavy atom. The number of aromatic nitrogens is 4. The first-order chi connectivity index (χ1) is 10.8. The normalized spacial score (nSPS) is 17.8. The van der Waals surface area contributed by atoms with E-state index in [0.29, 0.717) is 24.9 Å². The molecule has 0 amide bonds. The second kappa shape index (κ2) is 6.85. The van der Waals surface area contributed by atoms with Crippen molar-refractivity contribution >= 4 is 5.82 Å². The van der Waals surface area contributed by atoms with Crippen LogP contribution in [-0.2, 0) is 22.6 Å². The van der Waals surface area contributed by atoms with Crippen molar-refractivity contribution in [3.8, 4) is 0 Å². The zero-order valence-corrected chi connectivity index (χ0v) is 12.9. The van der Waals surface area contributed by atoms with E-state index in [-0.39, 0.29) is 0 Å². The summed E-state index contributed by atoms with van der Waals surface area (Å²) >= 11 is 0. The van der Waals surface area contributed by atoms with Gasteiger partial charge in [0, 0.05) is 31.4 Å². The molecule has 0 bridgehead atoms. The minimum absolute atomic E-state index is 0.339. The fourth-order valence-corrected chi connectivity index (χ4v) is 2.52. The minimum atomic E-state index is 0.339. The van der Waals surface area contributed by atoms with Crippen LogP contribution in [-0.4, -0.2) is 40.3 Å². The highest BCUT2D eigenvalue weighted by Crippen LogP contribution is 2.25. The van der Waals surface area contributed by atoms with Gasteiger partial charge in [0.2, 0.25) is 0 Å². The number of methoxy groups -OCH3 is 1. The summed E-state index contributed by atoms with van der Waals surface area (Å²) in [4.78, 5) is 16.4. The molecule has 2 aromatic rings. The zero-order valence-electron chi connectivity index (χ0n) is 12.9. The molecule has 0 saturated carbocycles. The number of ether oxygens (including phenoxy) is 2. The van der Waals surface area contributed by atoms with Crippen molar-refractivity contribution in [3.63, 3.8) is 0 Å². The van der Waals surface area contributed by atoms with E-state index >= 15 is 0 Å². The summed E-state index contributed by atoms with van der Waals surface area (Å²) in [5, 5.41) is 3.32. The molecule has 3 rings (SSSR count). The molecule has 1 aliphatic heterocycles. The molecule has 1 atom stereocenters. The first kappa shape index (κ1) is 14.9. The van der Waals surface area contributed by atoms with Crippen molar-refractivity contribution in [2.24, 2.45) is 0 Å². The van der Waals surface area contributed by atoms with Gasteiger partial charge in [-0.1, -0.05) is 0 Å². The first-order valence-electron chi connectivity index (χ1n) is 7.43. The van der Waals surface area contributed by atoms with Crippen molar-refractivity contribution in [1.82, 2.24) is 19.9 Å². The lowest BCUT2D eigenvalue weighted by atomic mass is 10.0. The molecule has 7 nitrogen and oxygen atoms in total. The maximum Gasteiger partial charge on any atom is 0.156 e. The number of aromatic amines is 1. The molecule has 2 aromatic heterocycles. The van der Waals surface area contributed by atoms with Gasteiger partial charge >= 0.3 is 0 Å². The smallest absolute Gasteiger partial charge is 0.156 e. The molecule has 0 aliphatic carbocycles. The molecule has 0 aromatic carbocycles. The van der Waals surface area contributed by atoms with Crippen LogP contribution in [0.15, 0.2) is 12.4 Å². The van der Waals surface area contributed by atoms with Crippen molar-refractivity contribution < 1.29 is 9.47 Å². The number of aryl methyl sites for hydroxylation is 1. The Morgan fingerprint density at radius 3 is 3.05 bits per heavy atom. The van der Waals surface area contributed by atoms with E-state index in [4.69, 9.17) is 9.47 Å². The molecule has 1 saturated heterocycles. The van der Waals surface area contributed by atoms with Crippen LogP contribution >= 0.6 is 0 Å². The Morgan fingerprint density at radius 2 is 2.36 bits per heavy atom. The van der Waals surface area contributed by atoms with E-state index in [0.717, 1.165) is 42.5 Å². The monoisotopic (exact) mass is 303 g/mol. The quantitative estimate of drug-likeness (QED) is 0.846. The van der Waals surface area contributed by atoms with Crippen LogP contribution in [0.4, 0.5) is 5.82 Å². The summed E-state index contributed by atoms with van der Waals surface area (Å²) in [6.45, 7) is 4.55. The molecule has 3 heterocycles. The van der Waals surface area contributed by atoms with Crippen molar-refractivity contribution in [2.75, 3.05) is 25.6 Å². The van der Waals surface area contributed by atoms with Gasteiger partial charge in [0.1, 0.15) is 12.4 Å². The average Bonchev–Trinajstić information content (AvgIpc) is 3.17. The van der Waals surface area contributed by atoms with Crippen LogP contribution in [0, 0.1) is 6.92 Å². The number of hydrogen-bond acceptors (Lipinski definition) is 6. The molecule has 1 fully saturated rings. The Kier molecular flexibility index (Phi) is 4.65. The summed E-state index contributed by atoms with van der Waals surface area (Å²) in [6, 6.07) is 2.00. The fraction of sp³-hybridized carbons (Fsp3) is 0.533. The maximum atomic E-state index is 5.46. The largest absolute Gasteiger partial charge is 0.381 e. The highest BCUT2D eigenvalue weighted by Gasteiger charge is 2.20. The first-order valence-corrected chi connectivity index (χ1v) is 7.43. The Labute approximate surface area is 129 Å². The lowest BCUT2D eigenvalue weighted by Gasteiger charge is -2.12. The lowest BCUT2D eigenvalue weighted by Crippen LogP contribution is -2.10. The number of anilines is 1. The van der Waals surface area contributed by atoms with Gasteiger partial charge in [-0.15, -0.1) is 0 Å². The van der Waals surface area contributed by atoms with Crippen LogP contribution in [0.3, 0.4) is 0 Å². The third-order valence-electron chi connectivity index (χ3n) is 3.78. The van der Waals surface area contributed by atoms with E-state index in [1.165, 1.54) is 0 Å². The van der Waals surface area contributed by atoms with Crippen LogP contribution in [0.5, 0.6) is 0 Å². The van der Waals surface area contributed by atoms with E-state index in [1.54, 1.807) is 13.4 Å². The van der Waals surface area contributed by atoms with Crippen LogP contribution < -0.4 is 5.32 Å². The lowest BCUT2D eigenvalue weighted by molar-refractivity contribution is 0.177. The molecule has 0 spiro atoms.